The maximum atomic E-state index is 4.60. The molecule has 0 radical (unpaired) electrons. The molecule has 4 atom stereocenters. The Morgan fingerprint density at radius 1 is 1.28 bits per heavy atom. The first-order chi connectivity index (χ1) is 8.78. The van der Waals surface area contributed by atoms with Crippen LogP contribution in [-0.4, -0.2) is 16.5 Å². The van der Waals surface area contributed by atoms with Gasteiger partial charge >= 0.3 is 0 Å². The van der Waals surface area contributed by atoms with E-state index in [4.69, 9.17) is 0 Å². The summed E-state index contributed by atoms with van der Waals surface area (Å²) in [6, 6.07) is 0.415. The maximum absolute atomic E-state index is 4.60. The van der Waals surface area contributed by atoms with E-state index in [0.29, 0.717) is 6.04 Å². The zero-order chi connectivity index (χ0) is 12.5. The molecule has 2 saturated carbocycles. The van der Waals surface area contributed by atoms with Crippen LogP contribution in [0.5, 0.6) is 0 Å². The van der Waals surface area contributed by atoms with Crippen molar-refractivity contribution in [3.8, 4) is 0 Å². The first-order valence-electron chi connectivity index (χ1n) is 7.30. The van der Waals surface area contributed by atoms with Gasteiger partial charge in [0.25, 0.3) is 0 Å². The summed E-state index contributed by atoms with van der Waals surface area (Å²) in [6.07, 6.45) is 9.58. The Morgan fingerprint density at radius 2 is 2.17 bits per heavy atom. The van der Waals surface area contributed by atoms with Crippen LogP contribution in [0.2, 0.25) is 0 Å². The van der Waals surface area contributed by atoms with Crippen LogP contribution < -0.4 is 5.32 Å². The fourth-order valence-corrected chi connectivity index (χ4v) is 3.96. The molecule has 2 bridgehead atoms. The van der Waals surface area contributed by atoms with Crippen LogP contribution >= 0.6 is 0 Å². The smallest absolute Gasteiger partial charge is 0.0759 e. The summed E-state index contributed by atoms with van der Waals surface area (Å²) in [5.41, 5.74) is 2.14. The average Bonchev–Trinajstić information content (AvgIpc) is 2.99. The summed E-state index contributed by atoms with van der Waals surface area (Å²) in [5, 5.41) is 3.64. The first-order valence-corrected chi connectivity index (χ1v) is 7.30. The number of fused-ring (bicyclic) bond motifs is 2. The second-order valence-corrected chi connectivity index (χ2v) is 5.96. The largest absolute Gasteiger partial charge is 0.309 e. The van der Waals surface area contributed by atoms with Gasteiger partial charge in [-0.25, -0.2) is 0 Å². The van der Waals surface area contributed by atoms with Crippen molar-refractivity contribution in [1.82, 2.24) is 15.3 Å². The number of hydrogen-bond donors (Lipinski definition) is 1. The Labute approximate surface area is 109 Å². The van der Waals surface area contributed by atoms with Gasteiger partial charge in [0.15, 0.2) is 0 Å². The number of rotatable bonds is 4. The van der Waals surface area contributed by atoms with Crippen molar-refractivity contribution in [3.63, 3.8) is 0 Å². The Bertz CT molecular complexity index is 401. The van der Waals surface area contributed by atoms with Crippen molar-refractivity contribution >= 4 is 0 Å². The molecule has 18 heavy (non-hydrogen) atoms. The van der Waals surface area contributed by atoms with E-state index in [1.165, 1.54) is 25.7 Å². The van der Waals surface area contributed by atoms with Gasteiger partial charge in [0, 0.05) is 6.20 Å². The van der Waals surface area contributed by atoms with E-state index in [2.05, 4.69) is 22.2 Å². The molecule has 0 aliphatic heterocycles. The molecule has 1 heterocycles. The second kappa shape index (κ2) is 4.96. The molecular weight excluding hydrogens is 222 g/mol. The molecule has 0 aromatic carbocycles. The second-order valence-electron chi connectivity index (χ2n) is 5.96. The Morgan fingerprint density at radius 3 is 2.72 bits per heavy atom. The van der Waals surface area contributed by atoms with Gasteiger partial charge in [0.2, 0.25) is 0 Å². The number of nitrogens with zero attached hydrogens (tertiary/aromatic N) is 2. The van der Waals surface area contributed by atoms with Gasteiger partial charge in [-0.1, -0.05) is 13.3 Å². The minimum atomic E-state index is 0.415. The van der Waals surface area contributed by atoms with E-state index in [9.17, 15) is 0 Å². The fraction of sp³-hybridized carbons (Fsp3) is 0.733. The van der Waals surface area contributed by atoms with Crippen molar-refractivity contribution in [1.29, 1.82) is 0 Å². The first kappa shape index (κ1) is 12.1. The average molecular weight is 245 g/mol. The predicted molar refractivity (Wildman–Crippen MR) is 72.1 cm³/mol. The Kier molecular flexibility index (Phi) is 3.33. The van der Waals surface area contributed by atoms with E-state index in [0.717, 1.165) is 35.7 Å². The molecule has 2 aliphatic rings. The van der Waals surface area contributed by atoms with E-state index in [1.807, 2.05) is 19.3 Å². The van der Waals surface area contributed by atoms with Crippen molar-refractivity contribution in [3.05, 3.63) is 23.8 Å². The highest BCUT2D eigenvalue weighted by atomic mass is 15.0. The van der Waals surface area contributed by atoms with Crippen LogP contribution in [0.15, 0.2) is 12.4 Å². The van der Waals surface area contributed by atoms with Crippen molar-refractivity contribution in [2.45, 2.75) is 45.6 Å². The van der Waals surface area contributed by atoms with Crippen LogP contribution in [-0.2, 0) is 0 Å². The van der Waals surface area contributed by atoms with Crippen LogP contribution in [0.3, 0.4) is 0 Å². The number of aromatic nitrogens is 2. The summed E-state index contributed by atoms with van der Waals surface area (Å²) < 4.78 is 0. The SMILES string of the molecule is CCNC(c1cnc(C)cn1)C1CC2CCC1C2. The lowest BCUT2D eigenvalue weighted by Crippen LogP contribution is -2.32. The third-order valence-corrected chi connectivity index (χ3v) is 4.76. The zero-order valence-corrected chi connectivity index (χ0v) is 11.4. The van der Waals surface area contributed by atoms with Crippen molar-refractivity contribution in [2.24, 2.45) is 17.8 Å². The van der Waals surface area contributed by atoms with Crippen LogP contribution in [0.1, 0.15) is 50.0 Å². The number of hydrogen-bond acceptors (Lipinski definition) is 3. The fourth-order valence-electron chi connectivity index (χ4n) is 3.96. The normalized spacial score (nSPS) is 31.8. The molecule has 1 aromatic heterocycles. The minimum Gasteiger partial charge on any atom is -0.309 e. The quantitative estimate of drug-likeness (QED) is 0.886. The van der Waals surface area contributed by atoms with E-state index in [-0.39, 0.29) is 0 Å². The van der Waals surface area contributed by atoms with Crippen molar-refractivity contribution < 1.29 is 0 Å². The van der Waals surface area contributed by atoms with Crippen LogP contribution in [0.25, 0.3) is 0 Å². The molecule has 3 nitrogen and oxygen atoms in total. The molecule has 2 aliphatic carbocycles. The number of aryl methyl sites for hydroxylation is 1. The van der Waals surface area contributed by atoms with E-state index < -0.39 is 0 Å². The zero-order valence-electron chi connectivity index (χ0n) is 11.4. The van der Waals surface area contributed by atoms with Gasteiger partial charge in [-0.3, -0.25) is 9.97 Å². The van der Waals surface area contributed by atoms with E-state index >= 15 is 0 Å². The third kappa shape index (κ3) is 2.16. The molecule has 0 amide bonds. The van der Waals surface area contributed by atoms with Crippen LogP contribution in [0, 0.1) is 24.7 Å². The van der Waals surface area contributed by atoms with Gasteiger partial charge in [-0.15, -0.1) is 0 Å². The summed E-state index contributed by atoms with van der Waals surface area (Å²) in [4.78, 5) is 9.01. The molecule has 3 heteroatoms. The van der Waals surface area contributed by atoms with Gasteiger partial charge in [-0.05, 0) is 50.5 Å². The van der Waals surface area contributed by atoms with Gasteiger partial charge in [0.1, 0.15) is 0 Å². The monoisotopic (exact) mass is 245 g/mol. The highest BCUT2D eigenvalue weighted by molar-refractivity contribution is 5.10. The number of nitrogens with one attached hydrogen (secondary N) is 1. The Hall–Kier alpha value is -0.960. The summed E-state index contributed by atoms with van der Waals surface area (Å²) >= 11 is 0. The van der Waals surface area contributed by atoms with Gasteiger partial charge < -0.3 is 5.32 Å². The van der Waals surface area contributed by atoms with Crippen LogP contribution in [0.4, 0.5) is 0 Å². The Balaban J connectivity index is 1.81. The molecule has 1 aromatic rings. The molecule has 2 fully saturated rings. The highest BCUT2D eigenvalue weighted by Gasteiger charge is 2.43. The van der Waals surface area contributed by atoms with Crippen molar-refractivity contribution in [2.75, 3.05) is 6.54 Å². The lowest BCUT2D eigenvalue weighted by Gasteiger charge is -2.30. The lowest BCUT2D eigenvalue weighted by molar-refractivity contribution is 0.249. The topological polar surface area (TPSA) is 37.8 Å². The summed E-state index contributed by atoms with van der Waals surface area (Å²) in [5.74, 6) is 2.68. The summed E-state index contributed by atoms with van der Waals surface area (Å²) in [6.45, 7) is 5.19. The molecule has 1 N–H and O–H groups in total. The van der Waals surface area contributed by atoms with Gasteiger partial charge in [0.05, 0.1) is 23.6 Å². The third-order valence-electron chi connectivity index (χ3n) is 4.76. The molecule has 98 valence electrons. The highest BCUT2D eigenvalue weighted by Crippen LogP contribution is 2.52. The molecule has 3 rings (SSSR count). The predicted octanol–water partition coefficient (Wildman–Crippen LogP) is 2.87. The maximum Gasteiger partial charge on any atom is 0.0759 e. The molecule has 4 unspecified atom stereocenters. The molecule has 0 spiro atoms. The van der Waals surface area contributed by atoms with E-state index in [1.54, 1.807) is 0 Å². The summed E-state index contributed by atoms with van der Waals surface area (Å²) in [7, 11) is 0. The standard InChI is InChI=1S/C15H23N3/c1-3-16-15(14-9-17-10(2)8-18-14)13-7-11-4-5-12(13)6-11/h8-9,11-13,15-16H,3-7H2,1-2H3. The molecular formula is C15H23N3. The minimum absolute atomic E-state index is 0.415. The lowest BCUT2D eigenvalue weighted by atomic mass is 9.82. The van der Waals surface area contributed by atoms with Gasteiger partial charge in [-0.2, -0.15) is 0 Å². The molecule has 0 saturated heterocycles.